The maximum Gasteiger partial charge on any atom is 0.0625 e. The summed E-state index contributed by atoms with van der Waals surface area (Å²) < 4.78 is 1.05. The van der Waals surface area contributed by atoms with E-state index in [-0.39, 0.29) is 5.38 Å². The van der Waals surface area contributed by atoms with Crippen LogP contribution in [0.3, 0.4) is 0 Å². The largest absolute Gasteiger partial charge is 0.117 e. The first kappa shape index (κ1) is 14.2. The minimum Gasteiger partial charge on any atom is -0.117 e. The first-order valence-corrected chi connectivity index (χ1v) is 7.38. The number of rotatable bonds is 3. The third kappa shape index (κ3) is 3.64. The molecule has 4 heteroatoms. The number of alkyl halides is 1. The van der Waals surface area contributed by atoms with E-state index in [0.29, 0.717) is 10.0 Å². The molecule has 0 heterocycles. The van der Waals surface area contributed by atoms with Gasteiger partial charge in [0.15, 0.2) is 0 Å². The smallest absolute Gasteiger partial charge is 0.0625 e. The van der Waals surface area contributed by atoms with Crippen LogP contribution in [0.4, 0.5) is 0 Å². The molecule has 94 valence electrons. The molecule has 1 atom stereocenters. The van der Waals surface area contributed by atoms with Crippen molar-refractivity contribution in [1.82, 2.24) is 0 Å². The van der Waals surface area contributed by atoms with E-state index in [2.05, 4.69) is 15.9 Å². The monoisotopic (exact) mass is 362 g/mol. The van der Waals surface area contributed by atoms with Crippen LogP contribution >= 0.6 is 50.7 Å². The van der Waals surface area contributed by atoms with Gasteiger partial charge in [-0.3, -0.25) is 0 Å². The van der Waals surface area contributed by atoms with Gasteiger partial charge in [-0.05, 0) is 41.8 Å². The standard InChI is InChI=1S/C14H10BrCl3/c15-11-4-2-10(3-5-11)13(17)7-9-1-6-12(16)14(18)8-9/h1-6,8,13H,7H2. The van der Waals surface area contributed by atoms with Crippen LogP contribution in [0.5, 0.6) is 0 Å². The Bertz CT molecular complexity index is 537. The molecule has 2 aromatic carbocycles. The van der Waals surface area contributed by atoms with E-state index in [0.717, 1.165) is 22.0 Å². The summed E-state index contributed by atoms with van der Waals surface area (Å²) in [6, 6.07) is 13.6. The van der Waals surface area contributed by atoms with Crippen LogP contribution in [0.15, 0.2) is 46.9 Å². The van der Waals surface area contributed by atoms with E-state index in [9.17, 15) is 0 Å². The van der Waals surface area contributed by atoms with Crippen molar-refractivity contribution in [2.75, 3.05) is 0 Å². The van der Waals surface area contributed by atoms with Gasteiger partial charge in [-0.2, -0.15) is 0 Å². The maximum absolute atomic E-state index is 6.39. The second kappa shape index (κ2) is 6.29. The van der Waals surface area contributed by atoms with Crippen molar-refractivity contribution in [1.29, 1.82) is 0 Å². The van der Waals surface area contributed by atoms with Crippen LogP contribution in [-0.2, 0) is 6.42 Å². The van der Waals surface area contributed by atoms with Crippen LogP contribution < -0.4 is 0 Å². The molecule has 2 aromatic rings. The van der Waals surface area contributed by atoms with Gasteiger partial charge in [0.2, 0.25) is 0 Å². The van der Waals surface area contributed by atoms with Crippen molar-refractivity contribution in [2.24, 2.45) is 0 Å². The summed E-state index contributed by atoms with van der Waals surface area (Å²) in [5.41, 5.74) is 2.17. The fraction of sp³-hybridized carbons (Fsp3) is 0.143. The van der Waals surface area contributed by atoms with E-state index in [1.165, 1.54) is 0 Å². The van der Waals surface area contributed by atoms with Crippen molar-refractivity contribution < 1.29 is 0 Å². The molecule has 0 saturated heterocycles. The van der Waals surface area contributed by atoms with Crippen molar-refractivity contribution in [3.63, 3.8) is 0 Å². The van der Waals surface area contributed by atoms with Gasteiger partial charge in [0.1, 0.15) is 0 Å². The molecule has 18 heavy (non-hydrogen) atoms. The van der Waals surface area contributed by atoms with E-state index >= 15 is 0 Å². The summed E-state index contributed by atoms with van der Waals surface area (Å²) >= 11 is 21.7. The van der Waals surface area contributed by atoms with E-state index < -0.39 is 0 Å². The Kier molecular flexibility index (Phi) is 4.97. The molecule has 0 aliphatic carbocycles. The normalized spacial score (nSPS) is 12.4. The van der Waals surface area contributed by atoms with Crippen molar-refractivity contribution >= 4 is 50.7 Å². The first-order chi connectivity index (χ1) is 8.56. The second-order valence-corrected chi connectivity index (χ2v) is 6.23. The topological polar surface area (TPSA) is 0 Å². The Balaban J connectivity index is 2.13. The van der Waals surface area contributed by atoms with E-state index in [1.807, 2.05) is 36.4 Å². The summed E-state index contributed by atoms with van der Waals surface area (Å²) in [6.45, 7) is 0. The Hall–Kier alpha value is -0.210. The van der Waals surface area contributed by atoms with Gasteiger partial charge >= 0.3 is 0 Å². The predicted molar refractivity (Wildman–Crippen MR) is 82.9 cm³/mol. The Morgan fingerprint density at radius 1 is 0.944 bits per heavy atom. The highest BCUT2D eigenvalue weighted by Crippen LogP contribution is 2.29. The van der Waals surface area contributed by atoms with Crippen molar-refractivity contribution in [3.8, 4) is 0 Å². The lowest BCUT2D eigenvalue weighted by Crippen LogP contribution is -1.95. The lowest BCUT2D eigenvalue weighted by Gasteiger charge is -2.10. The molecule has 0 nitrogen and oxygen atoms in total. The fourth-order valence-corrected chi connectivity index (χ4v) is 2.57. The van der Waals surface area contributed by atoms with E-state index in [1.54, 1.807) is 6.07 Å². The lowest BCUT2D eigenvalue weighted by molar-refractivity contribution is 0.919. The summed E-state index contributed by atoms with van der Waals surface area (Å²) in [4.78, 5) is 0. The zero-order valence-corrected chi connectivity index (χ0v) is 13.2. The first-order valence-electron chi connectivity index (χ1n) is 5.40. The van der Waals surface area contributed by atoms with Gasteiger partial charge in [-0.25, -0.2) is 0 Å². The third-order valence-corrected chi connectivity index (χ3v) is 4.30. The Labute approximate surface area is 130 Å². The minimum atomic E-state index is -0.0738. The molecule has 0 aliphatic heterocycles. The maximum atomic E-state index is 6.39. The number of hydrogen-bond donors (Lipinski definition) is 0. The van der Waals surface area contributed by atoms with Gasteiger partial charge in [0.05, 0.1) is 15.4 Å². The number of halogens is 4. The molecule has 1 unspecified atom stereocenters. The average molecular weight is 364 g/mol. The molecule has 0 aromatic heterocycles. The summed E-state index contributed by atoms with van der Waals surface area (Å²) in [5.74, 6) is 0. The van der Waals surface area contributed by atoms with Crippen LogP contribution in [0.2, 0.25) is 10.0 Å². The Morgan fingerprint density at radius 2 is 1.61 bits per heavy atom. The molecule has 2 rings (SSSR count). The summed E-state index contributed by atoms with van der Waals surface area (Å²) in [7, 11) is 0. The molecular weight excluding hydrogens is 354 g/mol. The van der Waals surface area contributed by atoms with Crippen LogP contribution in [-0.4, -0.2) is 0 Å². The van der Waals surface area contributed by atoms with Crippen LogP contribution in [0.1, 0.15) is 16.5 Å². The predicted octanol–water partition coefficient (Wildman–Crippen LogP) is 6.28. The summed E-state index contributed by atoms with van der Waals surface area (Å²) in [6.07, 6.45) is 0.722. The van der Waals surface area contributed by atoms with Gasteiger partial charge in [0, 0.05) is 4.47 Å². The van der Waals surface area contributed by atoms with Crippen molar-refractivity contribution in [3.05, 3.63) is 68.1 Å². The Morgan fingerprint density at radius 3 is 2.22 bits per heavy atom. The molecule has 0 spiro atoms. The third-order valence-electron chi connectivity index (χ3n) is 2.63. The molecule has 0 saturated carbocycles. The number of hydrogen-bond acceptors (Lipinski definition) is 0. The SMILES string of the molecule is Clc1ccc(CC(Cl)c2ccc(Br)cc2)cc1Cl. The van der Waals surface area contributed by atoms with Gasteiger partial charge in [-0.15, -0.1) is 11.6 Å². The molecule has 0 amide bonds. The second-order valence-electron chi connectivity index (χ2n) is 3.97. The summed E-state index contributed by atoms with van der Waals surface area (Å²) in [5, 5.41) is 1.05. The highest BCUT2D eigenvalue weighted by Gasteiger charge is 2.10. The highest BCUT2D eigenvalue weighted by atomic mass is 79.9. The molecule has 0 bridgehead atoms. The van der Waals surface area contributed by atoms with Gasteiger partial charge < -0.3 is 0 Å². The average Bonchev–Trinajstić information content (AvgIpc) is 2.34. The van der Waals surface area contributed by atoms with Gasteiger partial charge in [-0.1, -0.05) is 57.3 Å². The van der Waals surface area contributed by atoms with Crippen molar-refractivity contribution in [2.45, 2.75) is 11.8 Å². The highest BCUT2D eigenvalue weighted by molar-refractivity contribution is 9.10. The van der Waals surface area contributed by atoms with Crippen LogP contribution in [0.25, 0.3) is 0 Å². The molecular formula is C14H10BrCl3. The molecule has 0 radical (unpaired) electrons. The quantitative estimate of drug-likeness (QED) is 0.562. The van der Waals surface area contributed by atoms with E-state index in [4.69, 9.17) is 34.8 Å². The lowest BCUT2D eigenvalue weighted by atomic mass is 10.0. The van der Waals surface area contributed by atoms with Crippen LogP contribution in [0, 0.1) is 0 Å². The minimum absolute atomic E-state index is 0.0738. The molecule has 0 aliphatic rings. The molecule has 0 N–H and O–H groups in total. The zero-order chi connectivity index (χ0) is 13.1. The number of benzene rings is 2. The fourth-order valence-electron chi connectivity index (χ4n) is 1.66. The van der Waals surface area contributed by atoms with Gasteiger partial charge in [0.25, 0.3) is 0 Å². The molecule has 0 fully saturated rings. The zero-order valence-electron chi connectivity index (χ0n) is 9.34.